The molecule has 1 aliphatic rings. The van der Waals surface area contributed by atoms with Gasteiger partial charge in [0.1, 0.15) is 0 Å². The summed E-state index contributed by atoms with van der Waals surface area (Å²) < 4.78 is 1.16. The molecule has 1 aliphatic heterocycles. The van der Waals surface area contributed by atoms with Crippen molar-refractivity contribution in [2.24, 2.45) is 0 Å². The molecule has 0 amide bonds. The van der Waals surface area contributed by atoms with Gasteiger partial charge < -0.3 is 10.2 Å². The molecule has 1 saturated heterocycles. The maximum Gasteiger partial charge on any atom is 0.0345 e. The molecular weight excluding hydrogens is 314 g/mol. The van der Waals surface area contributed by atoms with Gasteiger partial charge in [-0.25, -0.2) is 0 Å². The first-order chi connectivity index (χ1) is 9.56. The molecule has 112 valence electrons. The highest BCUT2D eigenvalue weighted by molar-refractivity contribution is 9.10. The molecule has 0 saturated carbocycles. The van der Waals surface area contributed by atoms with Crippen molar-refractivity contribution in [3.8, 4) is 0 Å². The lowest BCUT2D eigenvalue weighted by Crippen LogP contribution is -2.54. The first-order valence-electron chi connectivity index (χ1n) is 7.41. The Morgan fingerprint density at radius 3 is 2.90 bits per heavy atom. The van der Waals surface area contributed by atoms with Gasteiger partial charge in [-0.15, -0.1) is 0 Å². The predicted molar refractivity (Wildman–Crippen MR) is 89.3 cm³/mol. The molecule has 20 heavy (non-hydrogen) atoms. The van der Waals surface area contributed by atoms with E-state index in [0.717, 1.165) is 24.1 Å². The summed E-state index contributed by atoms with van der Waals surface area (Å²) in [5, 5.41) is 3.64. The van der Waals surface area contributed by atoms with Gasteiger partial charge in [0.2, 0.25) is 0 Å². The molecule has 2 atom stereocenters. The summed E-state index contributed by atoms with van der Waals surface area (Å²) in [5.74, 6) is 0.541. The van der Waals surface area contributed by atoms with Crippen molar-refractivity contribution in [3.63, 3.8) is 0 Å². The first kappa shape index (κ1) is 16.0. The molecule has 1 N–H and O–H groups in total. The average molecular weight is 340 g/mol. The number of halogens is 1. The Balaban J connectivity index is 1.77. The number of nitrogens with zero attached hydrogens (tertiary/aromatic N) is 2. The SMILES string of the molecule is CC(CNCC1CN(C)CCN1C)c1cccc(Br)c1. The van der Waals surface area contributed by atoms with Crippen LogP contribution in [0.3, 0.4) is 0 Å². The average Bonchev–Trinajstić information content (AvgIpc) is 2.42. The summed E-state index contributed by atoms with van der Waals surface area (Å²) >= 11 is 3.54. The van der Waals surface area contributed by atoms with Crippen LogP contribution in [0.2, 0.25) is 0 Å². The highest BCUT2D eigenvalue weighted by Crippen LogP contribution is 2.19. The van der Waals surface area contributed by atoms with Crippen LogP contribution in [0.25, 0.3) is 0 Å². The number of likely N-dealkylation sites (N-methyl/N-ethyl adjacent to an activating group) is 2. The lowest BCUT2D eigenvalue weighted by molar-refractivity contribution is 0.113. The normalized spacial score (nSPS) is 22.9. The van der Waals surface area contributed by atoms with Gasteiger partial charge in [-0.1, -0.05) is 35.0 Å². The van der Waals surface area contributed by atoms with Crippen LogP contribution in [-0.4, -0.2) is 62.7 Å². The molecule has 3 nitrogen and oxygen atoms in total. The van der Waals surface area contributed by atoms with E-state index >= 15 is 0 Å². The van der Waals surface area contributed by atoms with Gasteiger partial charge >= 0.3 is 0 Å². The Kier molecular flexibility index (Phi) is 6.02. The van der Waals surface area contributed by atoms with E-state index in [9.17, 15) is 0 Å². The summed E-state index contributed by atoms with van der Waals surface area (Å²) in [6.07, 6.45) is 0. The Morgan fingerprint density at radius 1 is 1.35 bits per heavy atom. The van der Waals surface area contributed by atoms with Crippen molar-refractivity contribution in [1.29, 1.82) is 0 Å². The number of benzene rings is 1. The third kappa shape index (κ3) is 4.55. The van der Waals surface area contributed by atoms with Crippen molar-refractivity contribution in [3.05, 3.63) is 34.3 Å². The smallest absolute Gasteiger partial charge is 0.0345 e. The maximum atomic E-state index is 3.64. The monoisotopic (exact) mass is 339 g/mol. The van der Waals surface area contributed by atoms with Crippen LogP contribution in [0.1, 0.15) is 18.4 Å². The van der Waals surface area contributed by atoms with E-state index in [4.69, 9.17) is 0 Å². The van der Waals surface area contributed by atoms with Crippen molar-refractivity contribution >= 4 is 15.9 Å². The molecule has 0 bridgehead atoms. The third-order valence-corrected chi connectivity index (χ3v) is 4.72. The molecule has 1 aromatic rings. The number of hydrogen-bond donors (Lipinski definition) is 1. The van der Waals surface area contributed by atoms with Crippen LogP contribution in [0.15, 0.2) is 28.7 Å². The van der Waals surface area contributed by atoms with Gasteiger partial charge in [-0.05, 0) is 37.7 Å². The highest BCUT2D eigenvalue weighted by atomic mass is 79.9. The quantitative estimate of drug-likeness (QED) is 0.888. The van der Waals surface area contributed by atoms with Gasteiger partial charge in [-0.3, -0.25) is 4.90 Å². The van der Waals surface area contributed by atoms with Crippen LogP contribution in [-0.2, 0) is 0 Å². The molecule has 0 spiro atoms. The Bertz CT molecular complexity index is 424. The molecule has 1 aromatic carbocycles. The Hall–Kier alpha value is -0.420. The standard InChI is InChI=1S/C16H26BrN3/c1-13(14-5-4-6-15(17)9-14)10-18-11-16-12-19(2)7-8-20(16)3/h4-6,9,13,16,18H,7-8,10-12H2,1-3H3. The summed E-state index contributed by atoms with van der Waals surface area (Å²) in [4.78, 5) is 4.89. The minimum atomic E-state index is 0.541. The van der Waals surface area contributed by atoms with Gasteiger partial charge in [0.05, 0.1) is 0 Å². The van der Waals surface area contributed by atoms with Gasteiger partial charge in [0, 0.05) is 43.2 Å². The summed E-state index contributed by atoms with van der Waals surface area (Å²) in [7, 11) is 4.45. The molecule has 2 rings (SSSR count). The lowest BCUT2D eigenvalue weighted by Gasteiger charge is -2.38. The zero-order chi connectivity index (χ0) is 14.5. The van der Waals surface area contributed by atoms with Crippen molar-refractivity contribution in [1.82, 2.24) is 15.1 Å². The number of piperazine rings is 1. The number of nitrogens with one attached hydrogen (secondary N) is 1. The van der Waals surface area contributed by atoms with Crippen LogP contribution >= 0.6 is 15.9 Å². The molecule has 2 unspecified atom stereocenters. The molecule has 1 fully saturated rings. The van der Waals surface area contributed by atoms with E-state index in [1.807, 2.05) is 0 Å². The van der Waals surface area contributed by atoms with Gasteiger partial charge in [0.15, 0.2) is 0 Å². The molecule has 4 heteroatoms. The number of hydrogen-bond acceptors (Lipinski definition) is 3. The van der Waals surface area contributed by atoms with E-state index in [2.05, 4.69) is 76.3 Å². The predicted octanol–water partition coefficient (Wildman–Crippen LogP) is 2.39. The Morgan fingerprint density at radius 2 is 2.15 bits per heavy atom. The second-order valence-corrected chi connectivity index (χ2v) is 6.93. The number of rotatable bonds is 5. The maximum absolute atomic E-state index is 3.64. The summed E-state index contributed by atoms with van der Waals surface area (Å²) in [6, 6.07) is 9.24. The van der Waals surface area contributed by atoms with E-state index in [1.165, 1.54) is 18.7 Å². The molecule has 1 heterocycles. The topological polar surface area (TPSA) is 18.5 Å². The van der Waals surface area contributed by atoms with Gasteiger partial charge in [-0.2, -0.15) is 0 Å². The fourth-order valence-electron chi connectivity index (χ4n) is 2.72. The zero-order valence-electron chi connectivity index (χ0n) is 12.8. The summed E-state index contributed by atoms with van der Waals surface area (Å²) in [6.45, 7) is 7.90. The molecular formula is C16H26BrN3. The Labute approximate surface area is 131 Å². The van der Waals surface area contributed by atoms with E-state index in [1.54, 1.807) is 0 Å². The van der Waals surface area contributed by atoms with Crippen LogP contribution in [0.5, 0.6) is 0 Å². The van der Waals surface area contributed by atoms with Crippen molar-refractivity contribution in [2.75, 3.05) is 46.8 Å². The highest BCUT2D eigenvalue weighted by Gasteiger charge is 2.21. The molecule has 0 aromatic heterocycles. The van der Waals surface area contributed by atoms with E-state index in [0.29, 0.717) is 12.0 Å². The van der Waals surface area contributed by atoms with Crippen molar-refractivity contribution < 1.29 is 0 Å². The van der Waals surface area contributed by atoms with E-state index < -0.39 is 0 Å². The fraction of sp³-hybridized carbons (Fsp3) is 0.625. The fourth-order valence-corrected chi connectivity index (χ4v) is 3.14. The van der Waals surface area contributed by atoms with Crippen LogP contribution in [0, 0.1) is 0 Å². The second-order valence-electron chi connectivity index (χ2n) is 6.01. The summed E-state index contributed by atoms with van der Waals surface area (Å²) in [5.41, 5.74) is 1.39. The van der Waals surface area contributed by atoms with E-state index in [-0.39, 0.29) is 0 Å². The second kappa shape index (κ2) is 7.55. The van der Waals surface area contributed by atoms with Crippen LogP contribution in [0.4, 0.5) is 0 Å². The largest absolute Gasteiger partial charge is 0.315 e. The van der Waals surface area contributed by atoms with Crippen LogP contribution < -0.4 is 5.32 Å². The van der Waals surface area contributed by atoms with Gasteiger partial charge in [0.25, 0.3) is 0 Å². The molecule has 0 aliphatic carbocycles. The van der Waals surface area contributed by atoms with Crippen molar-refractivity contribution in [2.45, 2.75) is 18.9 Å². The zero-order valence-corrected chi connectivity index (χ0v) is 14.4. The molecule has 0 radical (unpaired) electrons. The lowest BCUT2D eigenvalue weighted by atomic mass is 10.0. The minimum Gasteiger partial charge on any atom is -0.315 e. The first-order valence-corrected chi connectivity index (χ1v) is 8.20. The minimum absolute atomic E-state index is 0.541. The third-order valence-electron chi connectivity index (χ3n) is 4.23.